The van der Waals surface area contributed by atoms with Crippen LogP contribution < -0.4 is 5.32 Å². The quantitative estimate of drug-likeness (QED) is 0.886. The van der Waals surface area contributed by atoms with Crippen molar-refractivity contribution in [1.29, 1.82) is 0 Å². The lowest BCUT2D eigenvalue weighted by Crippen LogP contribution is -2.01. The first-order chi connectivity index (χ1) is 8.69. The summed E-state index contributed by atoms with van der Waals surface area (Å²) >= 11 is 0. The first-order valence-electron chi connectivity index (χ1n) is 6.48. The van der Waals surface area contributed by atoms with Gasteiger partial charge in [-0.15, -0.1) is 12.4 Å². The molecule has 0 aliphatic heterocycles. The van der Waals surface area contributed by atoms with Crippen LogP contribution in [0.4, 0.5) is 5.69 Å². The van der Waals surface area contributed by atoms with Gasteiger partial charge in [-0.05, 0) is 20.3 Å². The molecule has 2 rings (SSSR count). The zero-order valence-electron chi connectivity index (χ0n) is 11.7. The average molecular weight is 284 g/mol. The van der Waals surface area contributed by atoms with Crippen molar-refractivity contribution in [3.8, 4) is 0 Å². The second-order valence-corrected chi connectivity index (χ2v) is 4.77. The normalized spacial score (nSPS) is 10.5. The lowest BCUT2D eigenvalue weighted by Gasteiger charge is -2.03. The summed E-state index contributed by atoms with van der Waals surface area (Å²) in [6.07, 6.45) is 8.99. The van der Waals surface area contributed by atoms with Gasteiger partial charge in [-0.2, -0.15) is 10.2 Å². The predicted octanol–water partition coefficient (Wildman–Crippen LogP) is 3.10. The molecule has 0 radical (unpaired) electrons. The minimum absolute atomic E-state index is 0. The molecule has 0 aliphatic rings. The number of nitrogens with one attached hydrogen (secondary N) is 1. The summed E-state index contributed by atoms with van der Waals surface area (Å²) in [7, 11) is 0. The highest BCUT2D eigenvalue weighted by Gasteiger charge is 2.02. The molecule has 2 aromatic heterocycles. The topological polar surface area (TPSA) is 47.7 Å². The highest BCUT2D eigenvalue weighted by molar-refractivity contribution is 5.85. The molecule has 5 nitrogen and oxygen atoms in total. The predicted molar refractivity (Wildman–Crippen MR) is 79.7 cm³/mol. The zero-order valence-corrected chi connectivity index (χ0v) is 12.5. The van der Waals surface area contributed by atoms with E-state index in [-0.39, 0.29) is 12.4 Å². The van der Waals surface area contributed by atoms with Crippen molar-refractivity contribution in [2.24, 2.45) is 0 Å². The number of hydrogen-bond donors (Lipinski definition) is 1. The van der Waals surface area contributed by atoms with Gasteiger partial charge in [0, 0.05) is 37.1 Å². The number of anilines is 1. The van der Waals surface area contributed by atoms with E-state index >= 15 is 0 Å². The summed E-state index contributed by atoms with van der Waals surface area (Å²) in [5, 5.41) is 12.0. The third-order valence-electron chi connectivity index (χ3n) is 2.77. The standard InChI is InChI=1S/C13H21N5.ClH/c1-4-5-17-9-12(7-15-17)6-14-13-8-16-18(10-13)11(2)3;/h7-11,14H,4-6H2,1-3H3;1H. The van der Waals surface area contributed by atoms with Crippen molar-refractivity contribution in [2.45, 2.75) is 46.3 Å². The molecule has 0 atom stereocenters. The van der Waals surface area contributed by atoms with Gasteiger partial charge in [-0.3, -0.25) is 9.36 Å². The maximum atomic E-state index is 4.31. The number of aryl methyl sites for hydroxylation is 1. The molecule has 0 fully saturated rings. The average Bonchev–Trinajstić information content (AvgIpc) is 2.95. The van der Waals surface area contributed by atoms with Crippen LogP contribution in [0.2, 0.25) is 0 Å². The third-order valence-corrected chi connectivity index (χ3v) is 2.77. The van der Waals surface area contributed by atoms with Crippen molar-refractivity contribution in [1.82, 2.24) is 19.6 Å². The first-order valence-corrected chi connectivity index (χ1v) is 6.48. The van der Waals surface area contributed by atoms with Gasteiger partial charge in [-0.1, -0.05) is 6.92 Å². The second kappa shape index (κ2) is 7.19. The number of hydrogen-bond acceptors (Lipinski definition) is 3. The van der Waals surface area contributed by atoms with Gasteiger partial charge in [0.2, 0.25) is 0 Å². The molecule has 0 saturated carbocycles. The fourth-order valence-electron chi connectivity index (χ4n) is 1.76. The molecule has 0 aromatic carbocycles. The van der Waals surface area contributed by atoms with E-state index in [1.165, 1.54) is 5.56 Å². The summed E-state index contributed by atoms with van der Waals surface area (Å²) in [5.41, 5.74) is 2.24. The maximum Gasteiger partial charge on any atom is 0.0729 e. The van der Waals surface area contributed by atoms with E-state index in [4.69, 9.17) is 0 Å². The Hall–Kier alpha value is -1.49. The van der Waals surface area contributed by atoms with Gasteiger partial charge in [0.25, 0.3) is 0 Å². The summed E-state index contributed by atoms with van der Waals surface area (Å²) < 4.78 is 3.93. The van der Waals surface area contributed by atoms with Crippen LogP contribution in [0.1, 0.15) is 38.8 Å². The molecule has 106 valence electrons. The highest BCUT2D eigenvalue weighted by Crippen LogP contribution is 2.11. The lowest BCUT2D eigenvalue weighted by atomic mass is 10.3. The van der Waals surface area contributed by atoms with Gasteiger partial charge < -0.3 is 5.32 Å². The van der Waals surface area contributed by atoms with Crippen LogP contribution in [-0.4, -0.2) is 19.6 Å². The van der Waals surface area contributed by atoms with E-state index in [1.807, 2.05) is 28.0 Å². The van der Waals surface area contributed by atoms with Crippen molar-refractivity contribution in [2.75, 3.05) is 5.32 Å². The van der Waals surface area contributed by atoms with Gasteiger partial charge in [0.1, 0.15) is 0 Å². The SMILES string of the molecule is CCCn1cc(CNc2cnn(C(C)C)c2)cn1.Cl. The molecule has 2 heterocycles. The Bertz CT molecular complexity index is 489. The Morgan fingerprint density at radius 1 is 1.21 bits per heavy atom. The molecule has 0 bridgehead atoms. The number of rotatable bonds is 6. The largest absolute Gasteiger partial charge is 0.378 e. The van der Waals surface area contributed by atoms with Crippen molar-refractivity contribution < 1.29 is 0 Å². The Labute approximate surface area is 120 Å². The Kier molecular flexibility index (Phi) is 5.89. The molecule has 0 spiro atoms. The van der Waals surface area contributed by atoms with E-state index in [0.717, 1.165) is 25.2 Å². The molecule has 19 heavy (non-hydrogen) atoms. The van der Waals surface area contributed by atoms with Gasteiger partial charge in [0.05, 0.1) is 18.1 Å². The number of halogens is 1. The lowest BCUT2D eigenvalue weighted by molar-refractivity contribution is 0.532. The molecule has 2 aromatic rings. The Morgan fingerprint density at radius 3 is 2.63 bits per heavy atom. The number of aromatic nitrogens is 4. The van der Waals surface area contributed by atoms with Crippen LogP contribution in [0, 0.1) is 0 Å². The third kappa shape index (κ3) is 4.28. The Morgan fingerprint density at radius 2 is 2.00 bits per heavy atom. The summed E-state index contributed by atoms with van der Waals surface area (Å²) in [6.45, 7) is 8.15. The number of nitrogens with zero attached hydrogens (tertiary/aromatic N) is 4. The van der Waals surface area contributed by atoms with Crippen molar-refractivity contribution >= 4 is 18.1 Å². The Balaban J connectivity index is 0.00000180. The summed E-state index contributed by atoms with van der Waals surface area (Å²) in [4.78, 5) is 0. The monoisotopic (exact) mass is 283 g/mol. The zero-order chi connectivity index (χ0) is 13.0. The van der Waals surface area contributed by atoms with E-state index in [0.29, 0.717) is 6.04 Å². The van der Waals surface area contributed by atoms with Crippen LogP contribution in [0.25, 0.3) is 0 Å². The molecule has 0 amide bonds. The molecular formula is C13H22ClN5. The van der Waals surface area contributed by atoms with Crippen molar-refractivity contribution in [3.63, 3.8) is 0 Å². The van der Waals surface area contributed by atoms with Crippen LogP contribution in [0.5, 0.6) is 0 Å². The minimum atomic E-state index is 0. The second-order valence-electron chi connectivity index (χ2n) is 4.77. The molecule has 0 unspecified atom stereocenters. The van der Waals surface area contributed by atoms with Crippen LogP contribution in [-0.2, 0) is 13.1 Å². The molecule has 1 N–H and O–H groups in total. The first kappa shape index (κ1) is 15.6. The fraction of sp³-hybridized carbons (Fsp3) is 0.538. The van der Waals surface area contributed by atoms with Gasteiger partial charge in [0.15, 0.2) is 0 Å². The molecule has 0 saturated heterocycles. The van der Waals surface area contributed by atoms with Gasteiger partial charge >= 0.3 is 0 Å². The summed E-state index contributed by atoms with van der Waals surface area (Å²) in [5.74, 6) is 0. The van der Waals surface area contributed by atoms with E-state index in [2.05, 4.69) is 42.5 Å². The van der Waals surface area contributed by atoms with E-state index in [9.17, 15) is 0 Å². The van der Waals surface area contributed by atoms with Crippen LogP contribution in [0.3, 0.4) is 0 Å². The molecule has 6 heteroatoms. The highest BCUT2D eigenvalue weighted by atomic mass is 35.5. The molecular weight excluding hydrogens is 262 g/mol. The van der Waals surface area contributed by atoms with Crippen molar-refractivity contribution in [3.05, 3.63) is 30.4 Å². The summed E-state index contributed by atoms with van der Waals surface area (Å²) in [6, 6.07) is 0.396. The smallest absolute Gasteiger partial charge is 0.0729 e. The molecule has 0 aliphatic carbocycles. The van der Waals surface area contributed by atoms with E-state index < -0.39 is 0 Å². The van der Waals surface area contributed by atoms with Gasteiger partial charge in [-0.25, -0.2) is 0 Å². The minimum Gasteiger partial charge on any atom is -0.378 e. The maximum absolute atomic E-state index is 4.31. The fourth-order valence-corrected chi connectivity index (χ4v) is 1.76. The van der Waals surface area contributed by atoms with Crippen LogP contribution in [0.15, 0.2) is 24.8 Å². The van der Waals surface area contributed by atoms with Crippen LogP contribution >= 0.6 is 12.4 Å². The van der Waals surface area contributed by atoms with E-state index in [1.54, 1.807) is 0 Å².